The molecule has 2 aliphatic rings. The van der Waals surface area contributed by atoms with Gasteiger partial charge in [0, 0.05) is 24.2 Å². The van der Waals surface area contributed by atoms with Crippen LogP contribution in [0.25, 0.3) is 0 Å². The number of carbonyl (C=O) groups excluding carboxylic acids is 2. The molecule has 2 aliphatic heterocycles. The fourth-order valence-corrected chi connectivity index (χ4v) is 4.05. The highest BCUT2D eigenvalue weighted by Crippen LogP contribution is 2.40. The Morgan fingerprint density at radius 2 is 1.91 bits per heavy atom. The van der Waals surface area contributed by atoms with Crippen LogP contribution in [0.5, 0.6) is 0 Å². The van der Waals surface area contributed by atoms with Gasteiger partial charge in [0.25, 0.3) is 5.91 Å². The Bertz CT molecular complexity index is 1160. The summed E-state index contributed by atoms with van der Waals surface area (Å²) in [6, 6.07) is 11.7. The molecule has 4 rings (SSSR count). The Morgan fingerprint density at radius 3 is 2.53 bits per heavy atom. The molecule has 0 radical (unpaired) electrons. The highest BCUT2D eigenvalue weighted by atomic mass is 19.4. The lowest BCUT2D eigenvalue weighted by Crippen LogP contribution is -2.46. The zero-order valence-electron chi connectivity index (χ0n) is 17.9. The Morgan fingerprint density at radius 1 is 1.18 bits per heavy atom. The van der Waals surface area contributed by atoms with Crippen molar-refractivity contribution in [1.29, 1.82) is 0 Å². The molecule has 1 fully saturated rings. The molecule has 0 bridgehead atoms. The van der Waals surface area contributed by atoms with Crippen LogP contribution < -0.4 is 5.32 Å². The van der Waals surface area contributed by atoms with Gasteiger partial charge in [-0.3, -0.25) is 14.6 Å². The number of amides is 1. The van der Waals surface area contributed by atoms with Crippen molar-refractivity contribution in [3.05, 3.63) is 77.8 Å². The van der Waals surface area contributed by atoms with E-state index >= 15 is 0 Å². The van der Waals surface area contributed by atoms with Crippen molar-refractivity contribution < 1.29 is 36.6 Å². The second-order valence-electron chi connectivity index (χ2n) is 8.01. The van der Waals surface area contributed by atoms with Crippen LogP contribution >= 0.6 is 0 Å². The van der Waals surface area contributed by atoms with Crippen LogP contribution in [0.2, 0.25) is 0 Å². The van der Waals surface area contributed by atoms with Crippen molar-refractivity contribution in [2.45, 2.75) is 30.0 Å². The van der Waals surface area contributed by atoms with E-state index in [0.29, 0.717) is 11.3 Å². The van der Waals surface area contributed by atoms with E-state index in [1.54, 1.807) is 18.2 Å². The molecule has 10 heteroatoms. The molecule has 0 aliphatic carbocycles. The van der Waals surface area contributed by atoms with Crippen molar-refractivity contribution in [1.82, 2.24) is 0 Å². The fraction of sp³-hybridized carbons (Fsp3) is 0.292. The van der Waals surface area contributed by atoms with E-state index in [4.69, 9.17) is 9.47 Å². The number of halogens is 4. The smallest absolute Gasteiger partial charge is 0.429 e. The van der Waals surface area contributed by atoms with Crippen molar-refractivity contribution in [3.8, 4) is 0 Å². The Kier molecular flexibility index (Phi) is 6.26. The Labute approximate surface area is 192 Å². The van der Waals surface area contributed by atoms with E-state index < -0.39 is 53.4 Å². The summed E-state index contributed by atoms with van der Waals surface area (Å²) >= 11 is 0. The predicted molar refractivity (Wildman–Crippen MR) is 115 cm³/mol. The maximum atomic E-state index is 13.4. The van der Waals surface area contributed by atoms with Crippen molar-refractivity contribution >= 4 is 23.3 Å². The van der Waals surface area contributed by atoms with Gasteiger partial charge in [-0.15, -0.1) is 0 Å². The molecule has 1 saturated heterocycles. The third-order valence-electron chi connectivity index (χ3n) is 5.93. The summed E-state index contributed by atoms with van der Waals surface area (Å²) in [6.07, 6.45) is -4.01. The zero-order valence-corrected chi connectivity index (χ0v) is 17.9. The van der Waals surface area contributed by atoms with Crippen molar-refractivity contribution in [3.63, 3.8) is 0 Å². The zero-order chi connectivity index (χ0) is 24.5. The summed E-state index contributed by atoms with van der Waals surface area (Å²) in [5.41, 5.74) is -1.50. The number of aliphatic imine (C=N–C) groups is 1. The number of hydrogen-bond donors (Lipinski definition) is 1. The summed E-state index contributed by atoms with van der Waals surface area (Å²) in [5, 5.41) is 2.65. The SMILES string of the molecule is COC(=O)C1(c2cccc(C3COC3C(=O)Nc3ccc(F)cc3)c2)C=CN=C(C(F)(F)F)C1. The molecule has 6 nitrogen and oxygen atoms in total. The lowest BCUT2D eigenvalue weighted by molar-refractivity contribution is -0.146. The lowest BCUT2D eigenvalue weighted by Gasteiger charge is -2.37. The largest absolute Gasteiger partial charge is 0.468 e. The Hall–Kier alpha value is -3.53. The monoisotopic (exact) mass is 476 g/mol. The minimum atomic E-state index is -4.70. The molecule has 1 N–H and O–H groups in total. The molecule has 0 aromatic heterocycles. The number of carbonyl (C=O) groups is 2. The van der Waals surface area contributed by atoms with Gasteiger partial charge >= 0.3 is 12.1 Å². The second-order valence-corrected chi connectivity index (χ2v) is 8.01. The summed E-state index contributed by atoms with van der Waals surface area (Å²) in [4.78, 5) is 28.8. The van der Waals surface area contributed by atoms with E-state index in [9.17, 15) is 27.2 Å². The third-order valence-corrected chi connectivity index (χ3v) is 5.93. The molecule has 3 unspecified atom stereocenters. The van der Waals surface area contributed by atoms with Crippen LogP contribution in [0.15, 0.2) is 65.8 Å². The second kappa shape index (κ2) is 9.02. The summed E-state index contributed by atoms with van der Waals surface area (Å²) in [5.74, 6) is -2.13. The quantitative estimate of drug-likeness (QED) is 0.516. The minimum Gasteiger partial charge on any atom is -0.468 e. The van der Waals surface area contributed by atoms with Gasteiger partial charge in [-0.05, 0) is 41.5 Å². The highest BCUT2D eigenvalue weighted by Gasteiger charge is 2.49. The normalized spacial score (nSPS) is 24.1. The number of esters is 1. The van der Waals surface area contributed by atoms with Crippen LogP contribution in [0.4, 0.5) is 23.2 Å². The molecule has 0 saturated carbocycles. The number of rotatable bonds is 5. The van der Waals surface area contributed by atoms with E-state index in [1.807, 2.05) is 0 Å². The van der Waals surface area contributed by atoms with Crippen LogP contribution in [0.3, 0.4) is 0 Å². The number of methoxy groups -OCH3 is 1. The average molecular weight is 476 g/mol. The van der Waals surface area contributed by atoms with Gasteiger partial charge in [0.2, 0.25) is 0 Å². The van der Waals surface area contributed by atoms with E-state index in [0.717, 1.165) is 13.3 Å². The van der Waals surface area contributed by atoms with Gasteiger partial charge in [0.1, 0.15) is 23.0 Å². The molecule has 2 heterocycles. The van der Waals surface area contributed by atoms with Crippen LogP contribution in [0, 0.1) is 5.82 Å². The van der Waals surface area contributed by atoms with Crippen LogP contribution in [-0.4, -0.2) is 43.6 Å². The number of benzene rings is 2. The maximum absolute atomic E-state index is 13.4. The van der Waals surface area contributed by atoms with E-state index in [-0.39, 0.29) is 12.2 Å². The topological polar surface area (TPSA) is 77.0 Å². The van der Waals surface area contributed by atoms with E-state index in [1.165, 1.54) is 36.4 Å². The number of alkyl halides is 3. The highest BCUT2D eigenvalue weighted by molar-refractivity contribution is 5.99. The van der Waals surface area contributed by atoms with Gasteiger partial charge in [-0.1, -0.05) is 24.3 Å². The van der Waals surface area contributed by atoms with Gasteiger partial charge in [-0.25, -0.2) is 4.39 Å². The number of anilines is 1. The van der Waals surface area contributed by atoms with Gasteiger partial charge in [0.15, 0.2) is 0 Å². The summed E-state index contributed by atoms with van der Waals surface area (Å²) in [6.45, 7) is 0.210. The molecule has 2 aromatic rings. The number of nitrogens with one attached hydrogen (secondary N) is 1. The summed E-state index contributed by atoms with van der Waals surface area (Å²) in [7, 11) is 1.11. The van der Waals surface area contributed by atoms with E-state index in [2.05, 4.69) is 10.3 Å². The molecular formula is C24H20F4N2O4. The Balaban J connectivity index is 1.60. The number of nitrogens with zero attached hydrogens (tertiary/aromatic N) is 1. The molecule has 1 amide bonds. The fourth-order valence-electron chi connectivity index (χ4n) is 4.05. The molecule has 34 heavy (non-hydrogen) atoms. The van der Waals surface area contributed by atoms with Gasteiger partial charge in [0.05, 0.1) is 13.7 Å². The third kappa shape index (κ3) is 4.45. The predicted octanol–water partition coefficient (Wildman–Crippen LogP) is 4.28. The van der Waals surface area contributed by atoms with Gasteiger partial charge < -0.3 is 14.8 Å². The first-order chi connectivity index (χ1) is 16.1. The first kappa shape index (κ1) is 23.6. The summed E-state index contributed by atoms with van der Waals surface area (Å²) < 4.78 is 63.5. The maximum Gasteiger partial charge on any atom is 0.429 e. The van der Waals surface area contributed by atoms with Crippen molar-refractivity contribution in [2.24, 2.45) is 4.99 Å². The first-order valence-electron chi connectivity index (χ1n) is 10.3. The van der Waals surface area contributed by atoms with Crippen LogP contribution in [-0.2, 0) is 24.5 Å². The molecular weight excluding hydrogens is 456 g/mol. The van der Waals surface area contributed by atoms with Crippen LogP contribution in [0.1, 0.15) is 23.5 Å². The van der Waals surface area contributed by atoms with Crippen molar-refractivity contribution in [2.75, 3.05) is 19.0 Å². The molecule has 0 spiro atoms. The molecule has 2 aromatic carbocycles. The average Bonchev–Trinajstić information content (AvgIpc) is 2.79. The van der Waals surface area contributed by atoms with Gasteiger partial charge in [-0.2, -0.15) is 13.2 Å². The standard InChI is InChI=1S/C24H20F4N2O4/c1-33-22(32)23(9-10-29-19(12-23)24(26,27)28)15-4-2-3-14(11-15)18-13-34-20(18)21(31)30-17-7-5-16(25)6-8-17/h2-11,18,20H,12-13H2,1H3,(H,30,31). The lowest BCUT2D eigenvalue weighted by atomic mass is 9.73. The molecule has 3 atom stereocenters. The molecule has 178 valence electrons. The number of ether oxygens (including phenoxy) is 2. The first-order valence-corrected chi connectivity index (χ1v) is 10.3. The number of hydrogen-bond acceptors (Lipinski definition) is 5. The minimum absolute atomic E-state index is 0.210.